The average molecular weight is 450 g/mol. The third-order valence-electron chi connectivity index (χ3n) is 9.20. The molecular weight excluding hydrogens is 410 g/mol. The molecule has 5 nitrogen and oxygen atoms in total. The van der Waals surface area contributed by atoms with Gasteiger partial charge in [0.25, 0.3) is 5.56 Å². The second kappa shape index (κ2) is 9.14. The third kappa shape index (κ3) is 4.05. The predicted molar refractivity (Wildman–Crippen MR) is 131 cm³/mol. The molecule has 2 saturated carbocycles. The van der Waals surface area contributed by atoms with Gasteiger partial charge < -0.3 is 9.30 Å². The first-order chi connectivity index (χ1) is 16.2. The van der Waals surface area contributed by atoms with Crippen LogP contribution in [0, 0.1) is 11.8 Å². The summed E-state index contributed by atoms with van der Waals surface area (Å²) in [5, 5.41) is 0. The fraction of sp³-hybridized carbons (Fsp3) is 0.714. The molecule has 2 saturated heterocycles. The van der Waals surface area contributed by atoms with Gasteiger partial charge in [-0.15, -0.1) is 0 Å². The zero-order chi connectivity index (χ0) is 22.4. The van der Waals surface area contributed by atoms with E-state index in [-0.39, 0.29) is 11.6 Å². The maximum absolute atomic E-state index is 13.6. The SMILES string of the molecule is CCOCc1nc2ccccc2n(C2C[C@H]3CCC[C@@H](C2)N3C2CC3CCCC(C3)C2)c1=O. The maximum atomic E-state index is 13.6. The molecule has 1 aromatic heterocycles. The Morgan fingerprint density at radius 2 is 1.58 bits per heavy atom. The van der Waals surface area contributed by atoms with Crippen molar-refractivity contribution in [3.63, 3.8) is 0 Å². The maximum Gasteiger partial charge on any atom is 0.275 e. The molecule has 0 radical (unpaired) electrons. The molecular formula is C28H39N3O2. The summed E-state index contributed by atoms with van der Waals surface area (Å²) in [4.78, 5) is 21.3. The zero-order valence-electron chi connectivity index (χ0n) is 20.1. The largest absolute Gasteiger partial charge is 0.375 e. The number of ether oxygens (including phenoxy) is 1. The molecule has 5 heteroatoms. The van der Waals surface area contributed by atoms with Gasteiger partial charge in [0, 0.05) is 30.8 Å². The van der Waals surface area contributed by atoms with Gasteiger partial charge in [0.15, 0.2) is 0 Å². The molecule has 4 aliphatic rings. The molecule has 0 spiro atoms. The van der Waals surface area contributed by atoms with Gasteiger partial charge >= 0.3 is 0 Å². The Morgan fingerprint density at radius 1 is 0.879 bits per heavy atom. The lowest BCUT2D eigenvalue weighted by Gasteiger charge is -2.55. The Hall–Kier alpha value is -1.72. The highest BCUT2D eigenvalue weighted by Gasteiger charge is 2.45. The smallest absolute Gasteiger partial charge is 0.275 e. The second-order valence-corrected chi connectivity index (χ2v) is 11.2. The summed E-state index contributed by atoms with van der Waals surface area (Å²) in [6, 6.07) is 10.5. The monoisotopic (exact) mass is 449 g/mol. The fourth-order valence-corrected chi connectivity index (χ4v) is 7.99. The quantitative estimate of drug-likeness (QED) is 0.608. The van der Waals surface area contributed by atoms with E-state index >= 15 is 0 Å². The summed E-state index contributed by atoms with van der Waals surface area (Å²) in [7, 11) is 0. The second-order valence-electron chi connectivity index (χ2n) is 11.2. The average Bonchev–Trinajstić information content (AvgIpc) is 2.82. The van der Waals surface area contributed by atoms with Crippen LogP contribution in [0.15, 0.2) is 29.1 Å². The minimum absolute atomic E-state index is 0.0610. The lowest BCUT2D eigenvalue weighted by molar-refractivity contribution is -0.0486. The van der Waals surface area contributed by atoms with E-state index in [1.165, 1.54) is 57.8 Å². The molecule has 2 aliphatic carbocycles. The minimum Gasteiger partial charge on any atom is -0.375 e. The van der Waals surface area contributed by atoms with Gasteiger partial charge in [-0.25, -0.2) is 4.98 Å². The van der Waals surface area contributed by atoms with Crippen LogP contribution < -0.4 is 5.56 Å². The molecule has 178 valence electrons. The normalized spacial score (nSPS) is 34.5. The molecule has 4 bridgehead atoms. The summed E-state index contributed by atoms with van der Waals surface area (Å²) in [6.45, 7) is 2.87. The molecule has 2 aromatic rings. The highest BCUT2D eigenvalue weighted by atomic mass is 16.5. The Kier molecular flexibility index (Phi) is 6.04. The predicted octanol–water partition coefficient (Wildman–Crippen LogP) is 5.46. The first-order valence-corrected chi connectivity index (χ1v) is 13.6. The number of benzene rings is 1. The Bertz CT molecular complexity index is 1020. The third-order valence-corrected chi connectivity index (χ3v) is 9.20. The highest BCUT2D eigenvalue weighted by molar-refractivity contribution is 5.74. The van der Waals surface area contributed by atoms with Crippen molar-refractivity contribution >= 4 is 11.0 Å². The van der Waals surface area contributed by atoms with Crippen molar-refractivity contribution in [2.45, 2.75) is 108 Å². The first kappa shape index (κ1) is 21.8. The van der Waals surface area contributed by atoms with E-state index in [2.05, 4.69) is 15.5 Å². The highest BCUT2D eigenvalue weighted by Crippen LogP contribution is 2.47. The van der Waals surface area contributed by atoms with Crippen LogP contribution in [0.5, 0.6) is 0 Å². The summed E-state index contributed by atoms with van der Waals surface area (Å²) >= 11 is 0. The number of nitrogens with zero attached hydrogens (tertiary/aromatic N) is 3. The summed E-state index contributed by atoms with van der Waals surface area (Å²) in [5.41, 5.74) is 2.53. The van der Waals surface area contributed by atoms with Crippen molar-refractivity contribution in [3.05, 3.63) is 40.3 Å². The summed E-state index contributed by atoms with van der Waals surface area (Å²) in [6.07, 6.45) is 14.8. The number of hydrogen-bond acceptors (Lipinski definition) is 4. The van der Waals surface area contributed by atoms with Gasteiger partial charge in [0.05, 0.1) is 17.6 Å². The van der Waals surface area contributed by atoms with Crippen molar-refractivity contribution in [1.82, 2.24) is 14.5 Å². The molecule has 0 N–H and O–H groups in total. The van der Waals surface area contributed by atoms with E-state index in [0.717, 1.165) is 41.8 Å². The fourth-order valence-electron chi connectivity index (χ4n) is 7.99. The first-order valence-electron chi connectivity index (χ1n) is 13.6. The molecule has 2 aliphatic heterocycles. The molecule has 6 rings (SSSR count). The molecule has 5 atom stereocenters. The van der Waals surface area contributed by atoms with Crippen LogP contribution in [-0.2, 0) is 11.3 Å². The lowest BCUT2D eigenvalue weighted by Crippen LogP contribution is -2.58. The Balaban J connectivity index is 1.32. The van der Waals surface area contributed by atoms with E-state index in [1.807, 2.05) is 25.1 Å². The number of hydrogen-bond donors (Lipinski definition) is 0. The number of rotatable bonds is 5. The van der Waals surface area contributed by atoms with E-state index in [0.29, 0.717) is 31.0 Å². The standard InChI is InChI=1S/C28H39N3O2/c1-2-33-18-26-28(32)31(27-12-4-3-11-25(27)29-26)24-16-21-9-6-10-22(17-24)30(21)23-14-19-7-5-8-20(13-19)15-23/h3-4,11-12,19-24H,2,5-10,13-18H2,1H3/t19?,20?,21-,22+,23?,24?. The van der Waals surface area contributed by atoms with E-state index in [1.54, 1.807) is 0 Å². The molecule has 1 aromatic carbocycles. The van der Waals surface area contributed by atoms with Gasteiger partial charge in [-0.2, -0.15) is 0 Å². The zero-order valence-corrected chi connectivity index (χ0v) is 20.1. The Labute approximate surface area is 197 Å². The molecule has 3 heterocycles. The van der Waals surface area contributed by atoms with Gasteiger partial charge in [0.2, 0.25) is 0 Å². The van der Waals surface area contributed by atoms with Crippen molar-refractivity contribution in [2.75, 3.05) is 6.61 Å². The van der Waals surface area contributed by atoms with Gasteiger partial charge in [-0.3, -0.25) is 9.69 Å². The molecule has 3 unspecified atom stereocenters. The number of fused-ring (bicyclic) bond motifs is 5. The number of para-hydroxylation sites is 2. The molecule has 0 amide bonds. The van der Waals surface area contributed by atoms with Crippen LogP contribution in [0.3, 0.4) is 0 Å². The Morgan fingerprint density at radius 3 is 2.30 bits per heavy atom. The van der Waals surface area contributed by atoms with Gasteiger partial charge in [0.1, 0.15) is 5.69 Å². The van der Waals surface area contributed by atoms with Crippen molar-refractivity contribution in [3.8, 4) is 0 Å². The van der Waals surface area contributed by atoms with Crippen molar-refractivity contribution in [1.29, 1.82) is 0 Å². The lowest BCUT2D eigenvalue weighted by atomic mass is 9.68. The van der Waals surface area contributed by atoms with E-state index in [9.17, 15) is 4.79 Å². The minimum atomic E-state index is 0.0610. The van der Waals surface area contributed by atoms with Gasteiger partial charge in [-0.1, -0.05) is 37.8 Å². The van der Waals surface area contributed by atoms with Gasteiger partial charge in [-0.05, 0) is 75.8 Å². The van der Waals surface area contributed by atoms with Crippen molar-refractivity contribution < 1.29 is 4.74 Å². The van der Waals surface area contributed by atoms with Crippen LogP contribution in [0.4, 0.5) is 0 Å². The van der Waals surface area contributed by atoms with Crippen LogP contribution >= 0.6 is 0 Å². The summed E-state index contributed by atoms with van der Waals surface area (Å²) in [5.74, 6) is 1.93. The number of piperidine rings is 2. The van der Waals surface area contributed by atoms with Crippen LogP contribution in [0.25, 0.3) is 11.0 Å². The van der Waals surface area contributed by atoms with Crippen LogP contribution in [-0.4, -0.2) is 39.2 Å². The van der Waals surface area contributed by atoms with E-state index in [4.69, 9.17) is 9.72 Å². The summed E-state index contributed by atoms with van der Waals surface area (Å²) < 4.78 is 7.72. The van der Waals surface area contributed by atoms with Crippen molar-refractivity contribution in [2.24, 2.45) is 11.8 Å². The van der Waals surface area contributed by atoms with Crippen LogP contribution in [0.2, 0.25) is 0 Å². The van der Waals surface area contributed by atoms with E-state index < -0.39 is 0 Å². The topological polar surface area (TPSA) is 47.4 Å². The van der Waals surface area contributed by atoms with Crippen LogP contribution in [0.1, 0.15) is 89.3 Å². The molecule has 4 fully saturated rings. The number of aromatic nitrogens is 2. The molecule has 33 heavy (non-hydrogen) atoms.